The van der Waals surface area contributed by atoms with Crippen molar-refractivity contribution in [3.63, 3.8) is 0 Å². The Bertz CT molecular complexity index is 413. The first-order valence-electron chi connectivity index (χ1n) is 5.10. The van der Waals surface area contributed by atoms with Gasteiger partial charge in [0.2, 0.25) is 0 Å². The molecule has 0 unspecified atom stereocenters. The largest absolute Gasteiger partial charge is 0.462 e. The van der Waals surface area contributed by atoms with Crippen molar-refractivity contribution < 1.29 is 14.3 Å². The number of ketones is 1. The van der Waals surface area contributed by atoms with E-state index < -0.39 is 0 Å². The van der Waals surface area contributed by atoms with Crippen LogP contribution in [0.1, 0.15) is 41.0 Å². The molecule has 0 spiro atoms. The van der Waals surface area contributed by atoms with Crippen LogP contribution in [0.4, 0.5) is 0 Å². The molecule has 0 saturated heterocycles. The topological polar surface area (TPSA) is 43.4 Å². The third kappa shape index (κ3) is 2.92. The molecular formula is C12H13BrO3. The molecule has 0 amide bonds. The Labute approximate surface area is 103 Å². The minimum Gasteiger partial charge on any atom is -0.462 e. The molecule has 0 N–H and O–H groups in total. The summed E-state index contributed by atoms with van der Waals surface area (Å²) in [6.07, 6.45) is 0.442. The van der Waals surface area contributed by atoms with Crippen LogP contribution in [0.5, 0.6) is 0 Å². The lowest BCUT2D eigenvalue weighted by Gasteiger charge is -2.05. The Hall–Kier alpha value is -1.16. The zero-order chi connectivity index (χ0) is 12.1. The van der Waals surface area contributed by atoms with Crippen molar-refractivity contribution in [3.05, 3.63) is 33.8 Å². The van der Waals surface area contributed by atoms with Crippen LogP contribution < -0.4 is 0 Å². The van der Waals surface area contributed by atoms with Crippen molar-refractivity contribution in [3.8, 4) is 0 Å². The van der Waals surface area contributed by atoms with Crippen LogP contribution in [0.2, 0.25) is 0 Å². The summed E-state index contributed by atoms with van der Waals surface area (Å²) < 4.78 is 5.49. The molecule has 16 heavy (non-hydrogen) atoms. The summed E-state index contributed by atoms with van der Waals surface area (Å²) in [5.74, 6) is -0.332. The Morgan fingerprint density at radius 1 is 1.31 bits per heavy atom. The SMILES string of the molecule is CCOC(=O)c1ccc(C(=O)CC)c(Br)c1. The predicted molar refractivity (Wildman–Crippen MR) is 64.7 cm³/mol. The molecule has 0 heterocycles. The fraction of sp³-hybridized carbons (Fsp3) is 0.333. The van der Waals surface area contributed by atoms with Crippen molar-refractivity contribution in [1.29, 1.82) is 0 Å². The van der Waals surface area contributed by atoms with Crippen LogP contribution in [0.15, 0.2) is 22.7 Å². The molecule has 0 atom stereocenters. The van der Waals surface area contributed by atoms with Crippen molar-refractivity contribution in [1.82, 2.24) is 0 Å². The minimum atomic E-state index is -0.376. The smallest absolute Gasteiger partial charge is 0.338 e. The molecule has 86 valence electrons. The van der Waals surface area contributed by atoms with E-state index in [4.69, 9.17) is 4.74 Å². The molecule has 0 aromatic heterocycles. The minimum absolute atomic E-state index is 0.0438. The first-order chi connectivity index (χ1) is 7.60. The quantitative estimate of drug-likeness (QED) is 0.630. The third-order valence-corrected chi connectivity index (χ3v) is 2.76. The lowest BCUT2D eigenvalue weighted by atomic mass is 10.1. The first kappa shape index (κ1) is 12.9. The van der Waals surface area contributed by atoms with Crippen molar-refractivity contribution in [2.75, 3.05) is 6.61 Å². The van der Waals surface area contributed by atoms with Gasteiger partial charge in [0.25, 0.3) is 0 Å². The van der Waals surface area contributed by atoms with Crippen molar-refractivity contribution >= 4 is 27.7 Å². The van der Waals surface area contributed by atoms with Gasteiger partial charge in [-0.2, -0.15) is 0 Å². The molecule has 0 fully saturated rings. The van der Waals surface area contributed by atoms with Crippen LogP contribution in [-0.2, 0) is 4.74 Å². The number of carbonyl (C=O) groups is 2. The first-order valence-corrected chi connectivity index (χ1v) is 5.89. The Balaban J connectivity index is 2.99. The summed E-state index contributed by atoms with van der Waals surface area (Å²) in [5, 5.41) is 0. The van der Waals surface area contributed by atoms with E-state index in [9.17, 15) is 9.59 Å². The Morgan fingerprint density at radius 2 is 2.00 bits per heavy atom. The fourth-order valence-electron chi connectivity index (χ4n) is 1.27. The molecule has 0 aliphatic rings. The maximum absolute atomic E-state index is 11.5. The number of carbonyl (C=O) groups excluding carboxylic acids is 2. The van der Waals surface area contributed by atoms with Gasteiger partial charge in [-0.3, -0.25) is 4.79 Å². The van der Waals surface area contributed by atoms with Gasteiger partial charge in [-0.05, 0) is 25.1 Å². The number of Topliss-reactive ketones (excluding diaryl/α,β-unsaturated/α-hetero) is 1. The molecule has 1 rings (SSSR count). The van der Waals surface area contributed by atoms with E-state index in [1.807, 2.05) is 0 Å². The number of ether oxygens (including phenoxy) is 1. The maximum Gasteiger partial charge on any atom is 0.338 e. The Morgan fingerprint density at radius 3 is 2.50 bits per heavy atom. The molecule has 3 nitrogen and oxygen atoms in total. The lowest BCUT2D eigenvalue weighted by molar-refractivity contribution is 0.0526. The molecule has 0 bridgehead atoms. The second-order valence-electron chi connectivity index (χ2n) is 3.19. The summed E-state index contributed by atoms with van der Waals surface area (Å²) >= 11 is 3.28. The fourth-order valence-corrected chi connectivity index (χ4v) is 1.87. The van der Waals surface area contributed by atoms with Gasteiger partial charge in [0.15, 0.2) is 5.78 Å². The summed E-state index contributed by atoms with van der Waals surface area (Å²) in [6, 6.07) is 4.86. The molecule has 0 aliphatic heterocycles. The van der Waals surface area contributed by atoms with E-state index in [0.717, 1.165) is 0 Å². The zero-order valence-electron chi connectivity index (χ0n) is 9.25. The van der Waals surface area contributed by atoms with Crippen LogP contribution in [0, 0.1) is 0 Å². The second-order valence-corrected chi connectivity index (χ2v) is 4.05. The van der Waals surface area contributed by atoms with Gasteiger partial charge in [-0.1, -0.05) is 22.9 Å². The van der Waals surface area contributed by atoms with Crippen LogP contribution in [0.25, 0.3) is 0 Å². The summed E-state index contributed by atoms with van der Waals surface area (Å²) in [7, 11) is 0. The van der Waals surface area contributed by atoms with Crippen molar-refractivity contribution in [2.45, 2.75) is 20.3 Å². The molecule has 0 radical (unpaired) electrons. The number of hydrogen-bond acceptors (Lipinski definition) is 3. The van der Waals surface area contributed by atoms with Gasteiger partial charge in [-0.25, -0.2) is 4.79 Å². The standard InChI is InChI=1S/C12H13BrO3/c1-3-11(14)9-6-5-8(7-10(9)13)12(15)16-4-2/h5-7H,3-4H2,1-2H3. The van der Waals surface area contributed by atoms with Crippen LogP contribution in [-0.4, -0.2) is 18.4 Å². The molecule has 0 saturated carbocycles. The van der Waals surface area contributed by atoms with Crippen molar-refractivity contribution in [2.24, 2.45) is 0 Å². The number of rotatable bonds is 4. The predicted octanol–water partition coefficient (Wildman–Crippen LogP) is 3.22. The van der Waals surface area contributed by atoms with Crippen LogP contribution >= 0.6 is 15.9 Å². The van der Waals surface area contributed by atoms with Gasteiger partial charge >= 0.3 is 5.97 Å². The number of hydrogen-bond donors (Lipinski definition) is 0. The molecule has 0 aliphatic carbocycles. The molecular weight excluding hydrogens is 272 g/mol. The number of esters is 1. The maximum atomic E-state index is 11.5. The van der Waals surface area contributed by atoms with Gasteiger partial charge < -0.3 is 4.74 Å². The number of halogens is 1. The van der Waals surface area contributed by atoms with E-state index in [-0.39, 0.29) is 11.8 Å². The lowest BCUT2D eigenvalue weighted by Crippen LogP contribution is -2.06. The van der Waals surface area contributed by atoms with E-state index >= 15 is 0 Å². The summed E-state index contributed by atoms with van der Waals surface area (Å²) in [6.45, 7) is 3.89. The monoisotopic (exact) mass is 284 g/mol. The summed E-state index contributed by atoms with van der Waals surface area (Å²) in [5.41, 5.74) is 1.04. The van der Waals surface area contributed by atoms with Gasteiger partial charge in [0, 0.05) is 16.5 Å². The average Bonchev–Trinajstić information content (AvgIpc) is 2.28. The van der Waals surface area contributed by atoms with Crippen LogP contribution in [0.3, 0.4) is 0 Å². The second kappa shape index (κ2) is 5.80. The Kier molecular flexibility index (Phi) is 4.68. The molecule has 1 aromatic rings. The third-order valence-electron chi connectivity index (χ3n) is 2.10. The van der Waals surface area contributed by atoms with Gasteiger partial charge in [0.05, 0.1) is 12.2 Å². The van der Waals surface area contributed by atoms with Gasteiger partial charge in [-0.15, -0.1) is 0 Å². The van der Waals surface area contributed by atoms with E-state index in [1.54, 1.807) is 32.0 Å². The summed E-state index contributed by atoms with van der Waals surface area (Å²) in [4.78, 5) is 22.9. The highest BCUT2D eigenvalue weighted by molar-refractivity contribution is 9.10. The molecule has 1 aromatic carbocycles. The molecule has 4 heteroatoms. The normalized spacial score (nSPS) is 9.94. The zero-order valence-corrected chi connectivity index (χ0v) is 10.8. The average molecular weight is 285 g/mol. The van der Waals surface area contributed by atoms with E-state index in [1.165, 1.54) is 0 Å². The van der Waals surface area contributed by atoms with E-state index in [2.05, 4.69) is 15.9 Å². The highest BCUT2D eigenvalue weighted by Crippen LogP contribution is 2.20. The van der Waals surface area contributed by atoms with Gasteiger partial charge in [0.1, 0.15) is 0 Å². The highest BCUT2D eigenvalue weighted by Gasteiger charge is 2.12. The van der Waals surface area contributed by atoms with E-state index in [0.29, 0.717) is 28.6 Å². The highest BCUT2D eigenvalue weighted by atomic mass is 79.9. The number of benzene rings is 1.